The number of urea groups is 1. The van der Waals surface area contributed by atoms with E-state index in [1.165, 1.54) is 7.05 Å². The van der Waals surface area contributed by atoms with Crippen molar-refractivity contribution in [3.05, 3.63) is 5.89 Å². The summed E-state index contributed by atoms with van der Waals surface area (Å²) in [5.74, 6) is -0.519. The number of aliphatic imine (C=N–C) groups is 1. The summed E-state index contributed by atoms with van der Waals surface area (Å²) in [5, 5.41) is 10.9. The molecule has 1 unspecified atom stereocenters. The lowest BCUT2D eigenvalue weighted by molar-refractivity contribution is -0.129. The minimum absolute atomic E-state index is 0.0622. The fourth-order valence-corrected chi connectivity index (χ4v) is 2.82. The molecule has 1 N–H and O–H groups in total. The van der Waals surface area contributed by atoms with Crippen molar-refractivity contribution in [2.24, 2.45) is 10.9 Å². The normalized spacial score (nSPS) is 21.0. The largest absolute Gasteiger partial charge is 0.416 e. The summed E-state index contributed by atoms with van der Waals surface area (Å²) in [7, 11) is 1.39. The van der Waals surface area contributed by atoms with E-state index in [2.05, 4.69) is 20.5 Å². The van der Waals surface area contributed by atoms with Gasteiger partial charge in [-0.1, -0.05) is 11.8 Å². The summed E-state index contributed by atoms with van der Waals surface area (Å²) in [6.07, 6.45) is 2.25. The number of hydrogen-bond donors (Lipinski definition) is 1. The average Bonchev–Trinajstić information content (AvgIpc) is 3.23. The topological polar surface area (TPSA) is 118 Å². The van der Waals surface area contributed by atoms with Crippen molar-refractivity contribution in [3.63, 3.8) is 0 Å². The molecule has 0 radical (unpaired) electrons. The van der Waals surface area contributed by atoms with E-state index in [4.69, 9.17) is 4.42 Å². The molecule has 1 aliphatic heterocycles. The summed E-state index contributed by atoms with van der Waals surface area (Å²) in [6.45, 7) is 1.63. The number of carbonyl (C=O) groups is 3. The highest BCUT2D eigenvalue weighted by molar-refractivity contribution is 7.99. The summed E-state index contributed by atoms with van der Waals surface area (Å²) in [5.41, 5.74) is 0.430. The second-order valence-electron chi connectivity index (χ2n) is 5.78. The summed E-state index contributed by atoms with van der Waals surface area (Å²) in [4.78, 5) is 40.1. The van der Waals surface area contributed by atoms with Gasteiger partial charge in [0.05, 0.1) is 11.7 Å². The van der Waals surface area contributed by atoms with Gasteiger partial charge in [-0.2, -0.15) is 0 Å². The summed E-state index contributed by atoms with van der Waals surface area (Å²) >= 11 is 1.15. The first-order valence-electron chi connectivity index (χ1n) is 7.55. The van der Waals surface area contributed by atoms with Crippen LogP contribution in [-0.2, 0) is 16.0 Å². The number of thioether (sulfide) groups is 1. The monoisotopic (exact) mass is 351 g/mol. The van der Waals surface area contributed by atoms with E-state index >= 15 is 0 Å². The number of carbonyl (C=O) groups excluding carboxylic acids is 3. The highest BCUT2D eigenvalue weighted by Crippen LogP contribution is 2.22. The number of nitrogens with one attached hydrogen (secondary N) is 1. The molecule has 4 amide bonds. The van der Waals surface area contributed by atoms with Crippen molar-refractivity contribution >= 4 is 35.3 Å². The predicted molar refractivity (Wildman–Crippen MR) is 84.7 cm³/mol. The van der Waals surface area contributed by atoms with Gasteiger partial charge in [-0.05, 0) is 19.8 Å². The molecule has 1 fully saturated rings. The van der Waals surface area contributed by atoms with Gasteiger partial charge in [0.1, 0.15) is 0 Å². The molecule has 1 atom stereocenters. The van der Waals surface area contributed by atoms with Crippen LogP contribution in [0.15, 0.2) is 14.6 Å². The first-order valence-corrected chi connectivity index (χ1v) is 8.54. The maximum Gasteiger partial charge on any atom is 0.349 e. The smallest absolute Gasteiger partial charge is 0.349 e. The molecule has 2 aliphatic rings. The zero-order chi connectivity index (χ0) is 17.3. The Morgan fingerprint density at radius 1 is 1.38 bits per heavy atom. The second kappa shape index (κ2) is 6.71. The number of rotatable bonds is 6. The van der Waals surface area contributed by atoms with Crippen LogP contribution in [0, 0.1) is 5.92 Å². The van der Waals surface area contributed by atoms with Crippen molar-refractivity contribution < 1.29 is 18.8 Å². The van der Waals surface area contributed by atoms with E-state index < -0.39 is 11.9 Å². The van der Waals surface area contributed by atoms with E-state index in [9.17, 15) is 14.4 Å². The Hall–Kier alpha value is -2.23. The third kappa shape index (κ3) is 3.81. The first kappa shape index (κ1) is 16.6. The number of imide groups is 1. The number of amides is 4. The van der Waals surface area contributed by atoms with Gasteiger partial charge in [-0.3, -0.25) is 14.5 Å². The summed E-state index contributed by atoms with van der Waals surface area (Å²) < 4.78 is 5.47. The Labute approximate surface area is 142 Å². The van der Waals surface area contributed by atoms with Gasteiger partial charge in [0.2, 0.25) is 17.7 Å². The Morgan fingerprint density at radius 3 is 2.83 bits per heavy atom. The van der Waals surface area contributed by atoms with Crippen LogP contribution >= 0.6 is 11.8 Å². The lowest BCUT2D eigenvalue weighted by atomic mass is 9.97. The van der Waals surface area contributed by atoms with Gasteiger partial charge in [-0.25, -0.2) is 9.79 Å². The lowest BCUT2D eigenvalue weighted by Gasteiger charge is -2.24. The molecule has 0 bridgehead atoms. The van der Waals surface area contributed by atoms with E-state index in [1.807, 2.05) is 0 Å². The number of aromatic nitrogens is 2. The van der Waals surface area contributed by atoms with Gasteiger partial charge in [0.25, 0.3) is 5.22 Å². The molecular weight excluding hydrogens is 334 g/mol. The Kier molecular flexibility index (Phi) is 4.65. The minimum atomic E-state index is -0.593. The molecule has 1 aliphatic carbocycles. The molecule has 2 heterocycles. The second-order valence-corrected chi connectivity index (χ2v) is 6.71. The van der Waals surface area contributed by atoms with Crippen LogP contribution in [-0.4, -0.2) is 57.5 Å². The quantitative estimate of drug-likeness (QED) is 0.748. The van der Waals surface area contributed by atoms with E-state index in [1.54, 1.807) is 6.92 Å². The molecule has 0 aromatic carbocycles. The first-order chi connectivity index (χ1) is 11.4. The molecule has 24 heavy (non-hydrogen) atoms. The van der Waals surface area contributed by atoms with Crippen molar-refractivity contribution in [3.8, 4) is 0 Å². The van der Waals surface area contributed by atoms with E-state index in [0.29, 0.717) is 11.8 Å². The van der Waals surface area contributed by atoms with Crippen LogP contribution in [0.5, 0.6) is 0 Å². The van der Waals surface area contributed by atoms with E-state index in [0.717, 1.165) is 29.5 Å². The Bertz CT molecular complexity index is 712. The Morgan fingerprint density at radius 2 is 2.12 bits per heavy atom. The maximum absolute atomic E-state index is 12.2. The predicted octanol–water partition coefficient (Wildman–Crippen LogP) is 0.652. The van der Waals surface area contributed by atoms with Crippen LogP contribution < -0.4 is 5.32 Å². The van der Waals surface area contributed by atoms with Crippen molar-refractivity contribution in [1.82, 2.24) is 20.4 Å². The van der Waals surface area contributed by atoms with E-state index in [-0.39, 0.29) is 35.1 Å². The van der Waals surface area contributed by atoms with Crippen molar-refractivity contribution in [2.75, 3.05) is 12.8 Å². The standard InChI is InChI=1S/C14H17N5O4S/c1-7-9(12(21)19(2)13(22)15-7)5-11-17-18-14(23-11)24-6-10(20)16-8-3-4-8/h8-9H,3-6H2,1-2H3,(H,16,20). The molecule has 1 aromatic heterocycles. The van der Waals surface area contributed by atoms with Crippen LogP contribution in [0.1, 0.15) is 25.7 Å². The minimum Gasteiger partial charge on any atom is -0.416 e. The molecule has 1 saturated carbocycles. The number of hydrogen-bond acceptors (Lipinski definition) is 7. The fraction of sp³-hybridized carbons (Fsp3) is 0.571. The van der Waals surface area contributed by atoms with Crippen molar-refractivity contribution in [2.45, 2.75) is 37.5 Å². The molecule has 128 valence electrons. The number of nitrogens with zero attached hydrogens (tertiary/aromatic N) is 4. The summed E-state index contributed by atoms with van der Waals surface area (Å²) in [6, 6.07) is -0.257. The van der Waals surface area contributed by atoms with Crippen LogP contribution in [0.2, 0.25) is 0 Å². The third-order valence-corrected chi connectivity index (χ3v) is 4.61. The van der Waals surface area contributed by atoms with Gasteiger partial charge >= 0.3 is 6.03 Å². The average molecular weight is 351 g/mol. The van der Waals surface area contributed by atoms with Gasteiger partial charge in [-0.15, -0.1) is 10.2 Å². The highest BCUT2D eigenvalue weighted by Gasteiger charge is 2.34. The fourth-order valence-electron chi connectivity index (χ4n) is 2.22. The molecule has 0 saturated heterocycles. The highest BCUT2D eigenvalue weighted by atomic mass is 32.2. The van der Waals surface area contributed by atoms with Crippen molar-refractivity contribution in [1.29, 1.82) is 0 Å². The lowest BCUT2D eigenvalue weighted by Crippen LogP contribution is -2.44. The molecule has 9 nitrogen and oxygen atoms in total. The third-order valence-electron chi connectivity index (χ3n) is 3.79. The van der Waals surface area contributed by atoms with Gasteiger partial charge in [0.15, 0.2) is 0 Å². The SMILES string of the molecule is CC1=NC(=O)N(C)C(=O)C1Cc1nnc(SCC(=O)NC2CC2)o1. The molecular formula is C14H17N5O4S. The Balaban J connectivity index is 1.57. The van der Waals surface area contributed by atoms with Crippen LogP contribution in [0.25, 0.3) is 0 Å². The van der Waals surface area contributed by atoms with Crippen LogP contribution in [0.4, 0.5) is 4.79 Å². The van der Waals surface area contributed by atoms with Gasteiger partial charge < -0.3 is 9.73 Å². The zero-order valence-electron chi connectivity index (χ0n) is 13.3. The molecule has 10 heteroatoms. The zero-order valence-corrected chi connectivity index (χ0v) is 14.1. The maximum atomic E-state index is 12.2. The van der Waals surface area contributed by atoms with Gasteiger partial charge in [0, 0.05) is 25.2 Å². The van der Waals surface area contributed by atoms with Crippen LogP contribution in [0.3, 0.4) is 0 Å². The molecule has 3 rings (SSSR count). The molecule has 1 aromatic rings. The molecule has 0 spiro atoms.